The number of halogens is 1. The van der Waals surface area contributed by atoms with E-state index in [1.54, 1.807) is 66.7 Å². The molecule has 4 aromatic rings. The van der Waals surface area contributed by atoms with Crippen LogP contribution in [0.5, 0.6) is 5.75 Å². The first-order valence-corrected chi connectivity index (χ1v) is 11.3. The predicted molar refractivity (Wildman–Crippen MR) is 137 cm³/mol. The second-order valence-electron chi connectivity index (χ2n) is 7.74. The second-order valence-corrected chi connectivity index (χ2v) is 8.18. The molecular formula is C26H23ClN4O4. The highest BCUT2D eigenvalue weighted by atomic mass is 35.5. The Kier molecular flexibility index (Phi) is 7.03. The van der Waals surface area contributed by atoms with Gasteiger partial charge in [0.1, 0.15) is 11.4 Å². The highest BCUT2D eigenvalue weighted by Gasteiger charge is 2.21. The number of hydrogen-bond donors (Lipinski definition) is 3. The number of aromatic nitrogens is 1. The van der Waals surface area contributed by atoms with Crippen LogP contribution in [0.15, 0.2) is 72.8 Å². The van der Waals surface area contributed by atoms with Gasteiger partial charge in [-0.2, -0.15) is 0 Å². The van der Waals surface area contributed by atoms with Gasteiger partial charge in [0.05, 0.1) is 12.1 Å². The standard InChI is InChI=1S/C26H23ClN4O4/c1-3-35-21-10-8-19(9-11-21)28-24(32)23-15-17-14-18(27)7-12-22(17)31(23)30-26(34)25(33)29-20-6-4-5-16(2)13-20/h4-15H,3H2,1-2H3,(H,28,32)(H,29,33)(H,30,34). The molecule has 0 aliphatic heterocycles. The van der Waals surface area contributed by atoms with Crippen molar-refractivity contribution >= 4 is 51.6 Å². The van der Waals surface area contributed by atoms with E-state index in [1.165, 1.54) is 4.68 Å². The van der Waals surface area contributed by atoms with Gasteiger partial charge >= 0.3 is 11.8 Å². The number of amides is 3. The third kappa shape index (κ3) is 5.62. The molecule has 0 spiro atoms. The van der Waals surface area contributed by atoms with Gasteiger partial charge in [0.15, 0.2) is 0 Å². The van der Waals surface area contributed by atoms with Crippen LogP contribution in [0.4, 0.5) is 11.4 Å². The summed E-state index contributed by atoms with van der Waals surface area (Å²) in [4.78, 5) is 38.4. The van der Waals surface area contributed by atoms with Gasteiger partial charge in [0.25, 0.3) is 5.91 Å². The van der Waals surface area contributed by atoms with E-state index < -0.39 is 17.7 Å². The summed E-state index contributed by atoms with van der Waals surface area (Å²) < 4.78 is 6.69. The Morgan fingerprint density at radius 2 is 1.66 bits per heavy atom. The van der Waals surface area contributed by atoms with E-state index in [0.29, 0.717) is 39.7 Å². The lowest BCUT2D eigenvalue weighted by molar-refractivity contribution is -0.133. The minimum atomic E-state index is -0.936. The number of rotatable bonds is 6. The lowest BCUT2D eigenvalue weighted by Gasteiger charge is -2.13. The van der Waals surface area contributed by atoms with E-state index in [-0.39, 0.29) is 5.69 Å². The highest BCUT2D eigenvalue weighted by molar-refractivity contribution is 6.42. The summed E-state index contributed by atoms with van der Waals surface area (Å²) in [5.41, 5.74) is 5.11. The molecule has 0 aliphatic carbocycles. The van der Waals surface area contributed by atoms with Crippen LogP contribution < -0.4 is 20.8 Å². The molecule has 0 bridgehead atoms. The van der Waals surface area contributed by atoms with Crippen molar-refractivity contribution in [3.05, 3.63) is 89.1 Å². The first kappa shape index (κ1) is 23.8. The van der Waals surface area contributed by atoms with Crippen LogP contribution in [0, 0.1) is 6.92 Å². The number of nitrogens with one attached hydrogen (secondary N) is 3. The maximum absolute atomic E-state index is 13.1. The molecule has 0 atom stereocenters. The van der Waals surface area contributed by atoms with Gasteiger partial charge in [0.2, 0.25) is 0 Å². The molecule has 0 saturated carbocycles. The molecule has 3 aromatic carbocycles. The molecule has 35 heavy (non-hydrogen) atoms. The van der Waals surface area contributed by atoms with E-state index in [9.17, 15) is 14.4 Å². The number of carbonyl (C=O) groups is 3. The summed E-state index contributed by atoms with van der Waals surface area (Å²) >= 11 is 6.12. The molecule has 8 nitrogen and oxygen atoms in total. The quantitative estimate of drug-likeness (QED) is 0.332. The minimum Gasteiger partial charge on any atom is -0.494 e. The highest BCUT2D eigenvalue weighted by Crippen LogP contribution is 2.24. The first-order valence-electron chi connectivity index (χ1n) is 10.9. The molecule has 0 saturated heterocycles. The van der Waals surface area contributed by atoms with Gasteiger partial charge < -0.3 is 15.4 Å². The Balaban J connectivity index is 1.59. The fraction of sp³-hybridized carbons (Fsp3) is 0.115. The molecule has 4 rings (SSSR count). The van der Waals surface area contributed by atoms with Crippen LogP contribution in [0.25, 0.3) is 10.9 Å². The van der Waals surface area contributed by atoms with Gasteiger partial charge in [-0.25, -0.2) is 4.68 Å². The zero-order chi connectivity index (χ0) is 24.9. The molecule has 0 unspecified atom stereocenters. The fourth-order valence-electron chi connectivity index (χ4n) is 3.53. The van der Waals surface area contributed by atoms with Crippen molar-refractivity contribution < 1.29 is 19.1 Å². The zero-order valence-electron chi connectivity index (χ0n) is 19.1. The fourth-order valence-corrected chi connectivity index (χ4v) is 3.71. The predicted octanol–water partition coefficient (Wildman–Crippen LogP) is 4.96. The number of hydrogen-bond acceptors (Lipinski definition) is 4. The number of fused-ring (bicyclic) bond motifs is 1. The third-order valence-electron chi connectivity index (χ3n) is 5.11. The lowest BCUT2D eigenvalue weighted by Crippen LogP contribution is -2.36. The monoisotopic (exact) mass is 490 g/mol. The third-order valence-corrected chi connectivity index (χ3v) is 5.35. The van der Waals surface area contributed by atoms with Crippen molar-refractivity contribution in [3.63, 3.8) is 0 Å². The van der Waals surface area contributed by atoms with Crippen molar-refractivity contribution in [2.24, 2.45) is 0 Å². The Morgan fingerprint density at radius 3 is 2.37 bits per heavy atom. The molecule has 3 amide bonds. The van der Waals surface area contributed by atoms with E-state index in [2.05, 4.69) is 16.1 Å². The molecule has 1 heterocycles. The molecule has 0 aliphatic rings. The van der Waals surface area contributed by atoms with Crippen molar-refractivity contribution in [2.45, 2.75) is 13.8 Å². The summed E-state index contributed by atoms with van der Waals surface area (Å²) in [5.74, 6) is -1.61. The minimum absolute atomic E-state index is 0.118. The van der Waals surface area contributed by atoms with E-state index >= 15 is 0 Å². The Bertz CT molecular complexity index is 1410. The van der Waals surface area contributed by atoms with Crippen LogP contribution in [0.2, 0.25) is 5.02 Å². The number of aryl methyl sites for hydroxylation is 1. The zero-order valence-corrected chi connectivity index (χ0v) is 19.8. The van der Waals surface area contributed by atoms with E-state index in [4.69, 9.17) is 16.3 Å². The Hall–Kier alpha value is -4.30. The summed E-state index contributed by atoms with van der Waals surface area (Å²) in [6.07, 6.45) is 0. The Labute approximate surface area is 206 Å². The van der Waals surface area contributed by atoms with Crippen molar-refractivity contribution in [3.8, 4) is 5.75 Å². The van der Waals surface area contributed by atoms with Gasteiger partial charge in [0, 0.05) is 21.8 Å². The number of anilines is 2. The summed E-state index contributed by atoms with van der Waals surface area (Å²) in [6, 6.07) is 20.5. The molecule has 0 radical (unpaired) electrons. The summed E-state index contributed by atoms with van der Waals surface area (Å²) in [6.45, 7) is 4.30. The SMILES string of the molecule is CCOc1ccc(NC(=O)c2cc3cc(Cl)ccc3n2NC(=O)C(=O)Nc2cccc(C)c2)cc1. The maximum Gasteiger partial charge on any atom is 0.328 e. The summed E-state index contributed by atoms with van der Waals surface area (Å²) in [5, 5.41) is 6.44. The van der Waals surface area contributed by atoms with Gasteiger partial charge in [-0.3, -0.25) is 19.8 Å². The number of carbonyl (C=O) groups excluding carboxylic acids is 3. The van der Waals surface area contributed by atoms with Gasteiger partial charge in [-0.1, -0.05) is 23.7 Å². The smallest absolute Gasteiger partial charge is 0.328 e. The van der Waals surface area contributed by atoms with Gasteiger partial charge in [-0.15, -0.1) is 0 Å². The lowest BCUT2D eigenvalue weighted by atomic mass is 10.2. The average molecular weight is 491 g/mol. The normalized spacial score (nSPS) is 10.6. The summed E-state index contributed by atoms with van der Waals surface area (Å²) in [7, 11) is 0. The van der Waals surface area contributed by atoms with E-state index in [0.717, 1.165) is 5.56 Å². The van der Waals surface area contributed by atoms with Gasteiger partial charge in [-0.05, 0) is 80.1 Å². The maximum atomic E-state index is 13.1. The number of ether oxygens (including phenoxy) is 1. The van der Waals surface area contributed by atoms with Crippen molar-refractivity contribution in [2.75, 3.05) is 22.7 Å². The van der Waals surface area contributed by atoms with Crippen LogP contribution in [0.1, 0.15) is 23.0 Å². The largest absolute Gasteiger partial charge is 0.494 e. The molecular weight excluding hydrogens is 468 g/mol. The number of nitrogens with zero attached hydrogens (tertiary/aromatic N) is 1. The molecule has 3 N–H and O–H groups in total. The van der Waals surface area contributed by atoms with E-state index in [1.807, 2.05) is 19.9 Å². The van der Waals surface area contributed by atoms with Crippen LogP contribution >= 0.6 is 11.6 Å². The van der Waals surface area contributed by atoms with Crippen molar-refractivity contribution in [1.29, 1.82) is 0 Å². The molecule has 1 aromatic heterocycles. The number of benzene rings is 3. The van der Waals surface area contributed by atoms with Crippen LogP contribution in [0.3, 0.4) is 0 Å². The Morgan fingerprint density at radius 1 is 0.886 bits per heavy atom. The topological polar surface area (TPSA) is 101 Å². The molecule has 0 fully saturated rings. The second kappa shape index (κ2) is 10.3. The van der Waals surface area contributed by atoms with Crippen LogP contribution in [-0.2, 0) is 9.59 Å². The molecule has 9 heteroatoms. The molecule has 178 valence electrons. The van der Waals surface area contributed by atoms with Crippen molar-refractivity contribution in [1.82, 2.24) is 4.68 Å². The van der Waals surface area contributed by atoms with Crippen LogP contribution in [-0.4, -0.2) is 29.0 Å². The first-order chi connectivity index (χ1) is 16.8. The average Bonchev–Trinajstić information content (AvgIpc) is 3.18.